The summed E-state index contributed by atoms with van der Waals surface area (Å²) in [6, 6.07) is 0. The number of imidazole rings is 1. The van der Waals surface area contributed by atoms with Crippen LogP contribution in [0.25, 0.3) is 0 Å². The van der Waals surface area contributed by atoms with Gasteiger partial charge in [-0.2, -0.15) is 0 Å². The van der Waals surface area contributed by atoms with Crippen LogP contribution in [0.4, 0.5) is 0 Å². The van der Waals surface area contributed by atoms with E-state index < -0.39 is 10.0 Å². The lowest BCUT2D eigenvalue weighted by atomic mass is 10.5. The summed E-state index contributed by atoms with van der Waals surface area (Å²) in [6.07, 6.45) is 2.91. The number of hydrogen-bond acceptors (Lipinski definition) is 4. The minimum Gasteiger partial charge on any atom is -0.396 e. The van der Waals surface area contributed by atoms with E-state index in [2.05, 4.69) is 14.7 Å². The van der Waals surface area contributed by atoms with Crippen LogP contribution in [0.2, 0.25) is 0 Å². The summed E-state index contributed by atoms with van der Waals surface area (Å²) in [5.41, 5.74) is 0. The van der Waals surface area contributed by atoms with Gasteiger partial charge in [-0.15, -0.1) is 0 Å². The minimum absolute atomic E-state index is 0.0328. The molecule has 0 saturated carbocycles. The van der Waals surface area contributed by atoms with Crippen LogP contribution in [0.5, 0.6) is 0 Å². The molecule has 3 N–H and O–H groups in total. The fourth-order valence-electron chi connectivity index (χ4n) is 0.753. The van der Waals surface area contributed by atoms with Crippen LogP contribution in [0.1, 0.15) is 6.42 Å². The molecule has 13 heavy (non-hydrogen) atoms. The summed E-state index contributed by atoms with van der Waals surface area (Å²) in [7, 11) is -3.47. The number of aromatic amines is 1. The third-order valence-corrected chi connectivity index (χ3v) is 2.78. The van der Waals surface area contributed by atoms with E-state index >= 15 is 0 Å². The Hall–Kier alpha value is -0.920. The number of H-pyrrole nitrogens is 1. The molecule has 7 heteroatoms. The van der Waals surface area contributed by atoms with Crippen molar-refractivity contribution in [2.45, 2.75) is 11.4 Å². The van der Waals surface area contributed by atoms with Crippen LogP contribution in [-0.2, 0) is 10.0 Å². The minimum atomic E-state index is -3.47. The molecule has 0 aliphatic carbocycles. The highest BCUT2D eigenvalue weighted by Crippen LogP contribution is 2.00. The van der Waals surface area contributed by atoms with Crippen LogP contribution in [0.3, 0.4) is 0 Å². The molecule has 0 unspecified atom stereocenters. The van der Waals surface area contributed by atoms with Crippen LogP contribution in [0, 0.1) is 0 Å². The molecule has 0 saturated heterocycles. The molecule has 0 aliphatic rings. The summed E-state index contributed by atoms with van der Waals surface area (Å²) in [5.74, 6) is 0. The maximum Gasteiger partial charge on any atom is 0.257 e. The van der Waals surface area contributed by atoms with E-state index in [1.54, 1.807) is 0 Å². The molecule has 1 aromatic heterocycles. The lowest BCUT2D eigenvalue weighted by Crippen LogP contribution is -2.25. The fraction of sp³-hybridized carbons (Fsp3) is 0.500. The topological polar surface area (TPSA) is 95.1 Å². The fourth-order valence-corrected chi connectivity index (χ4v) is 1.73. The number of hydrogen-bond donors (Lipinski definition) is 3. The van der Waals surface area contributed by atoms with E-state index in [-0.39, 0.29) is 18.2 Å². The zero-order valence-electron chi connectivity index (χ0n) is 6.90. The number of rotatable bonds is 5. The van der Waals surface area contributed by atoms with Gasteiger partial charge in [0.15, 0.2) is 5.03 Å². The van der Waals surface area contributed by atoms with Crippen molar-refractivity contribution in [1.29, 1.82) is 0 Å². The number of nitrogens with one attached hydrogen (secondary N) is 2. The summed E-state index contributed by atoms with van der Waals surface area (Å²) in [5, 5.41) is 8.47. The molecular formula is C6H11N3O3S. The number of aromatic nitrogens is 2. The van der Waals surface area contributed by atoms with E-state index in [0.717, 1.165) is 0 Å². The van der Waals surface area contributed by atoms with Gasteiger partial charge in [0.1, 0.15) is 0 Å². The second-order valence-electron chi connectivity index (χ2n) is 2.39. The maximum absolute atomic E-state index is 11.3. The molecule has 1 aromatic rings. The molecule has 0 atom stereocenters. The van der Waals surface area contributed by atoms with Gasteiger partial charge in [-0.3, -0.25) is 0 Å². The van der Waals surface area contributed by atoms with Crippen LogP contribution < -0.4 is 4.72 Å². The lowest BCUT2D eigenvalue weighted by Gasteiger charge is -2.01. The highest BCUT2D eigenvalue weighted by atomic mass is 32.2. The highest BCUT2D eigenvalue weighted by molar-refractivity contribution is 7.89. The molecule has 6 nitrogen and oxygen atoms in total. The smallest absolute Gasteiger partial charge is 0.257 e. The summed E-state index contributed by atoms with van der Waals surface area (Å²) < 4.78 is 24.9. The van der Waals surface area contributed by atoms with E-state index in [4.69, 9.17) is 5.11 Å². The second-order valence-corrected chi connectivity index (χ2v) is 4.13. The summed E-state index contributed by atoms with van der Waals surface area (Å²) in [6.45, 7) is 0.184. The van der Waals surface area contributed by atoms with Gasteiger partial charge >= 0.3 is 0 Å². The molecule has 0 fully saturated rings. The summed E-state index contributed by atoms with van der Waals surface area (Å²) in [4.78, 5) is 6.07. The molecular weight excluding hydrogens is 194 g/mol. The third-order valence-electron chi connectivity index (χ3n) is 1.39. The Bertz CT molecular complexity index is 332. The number of aliphatic hydroxyl groups is 1. The largest absolute Gasteiger partial charge is 0.396 e. The van der Waals surface area contributed by atoms with Crippen molar-refractivity contribution in [1.82, 2.24) is 14.7 Å². The molecule has 0 spiro atoms. The average Bonchev–Trinajstić information content (AvgIpc) is 2.56. The average molecular weight is 205 g/mol. The Labute approximate surface area is 76.1 Å². The van der Waals surface area contributed by atoms with Crippen molar-refractivity contribution in [2.24, 2.45) is 0 Å². The molecule has 1 heterocycles. The zero-order valence-corrected chi connectivity index (χ0v) is 7.71. The van der Waals surface area contributed by atoms with Crippen LogP contribution >= 0.6 is 0 Å². The van der Waals surface area contributed by atoms with E-state index in [1.807, 2.05) is 0 Å². The van der Waals surface area contributed by atoms with Crippen molar-refractivity contribution in [3.8, 4) is 0 Å². The summed E-state index contributed by atoms with van der Waals surface area (Å²) >= 11 is 0. The first-order chi connectivity index (χ1) is 6.17. The third kappa shape index (κ3) is 2.79. The molecule has 0 radical (unpaired) electrons. The monoisotopic (exact) mass is 205 g/mol. The first kappa shape index (κ1) is 10.2. The van der Waals surface area contributed by atoms with Gasteiger partial charge in [0.25, 0.3) is 10.0 Å². The van der Waals surface area contributed by atoms with E-state index in [9.17, 15) is 8.42 Å². The van der Waals surface area contributed by atoms with E-state index in [0.29, 0.717) is 6.42 Å². The SMILES string of the molecule is O=S(=O)(NCCCO)c1cnc[nH]1. The van der Waals surface area contributed by atoms with Gasteiger partial charge in [-0.05, 0) is 6.42 Å². The Kier molecular flexibility index (Phi) is 3.40. The van der Waals surface area contributed by atoms with Crippen LogP contribution in [-0.4, -0.2) is 36.6 Å². The Morgan fingerprint density at radius 3 is 2.92 bits per heavy atom. The zero-order chi connectivity index (χ0) is 9.73. The Morgan fingerprint density at radius 2 is 2.38 bits per heavy atom. The normalized spacial score (nSPS) is 11.8. The van der Waals surface area contributed by atoms with Crippen molar-refractivity contribution >= 4 is 10.0 Å². The quantitative estimate of drug-likeness (QED) is 0.541. The van der Waals surface area contributed by atoms with Crippen molar-refractivity contribution in [3.63, 3.8) is 0 Å². The first-order valence-corrected chi connectivity index (χ1v) is 5.24. The highest BCUT2D eigenvalue weighted by Gasteiger charge is 2.13. The molecule has 0 aliphatic heterocycles. The van der Waals surface area contributed by atoms with Gasteiger partial charge in [-0.25, -0.2) is 18.1 Å². The van der Waals surface area contributed by atoms with Gasteiger partial charge in [0, 0.05) is 13.2 Å². The van der Waals surface area contributed by atoms with Crippen molar-refractivity contribution in [3.05, 3.63) is 12.5 Å². The number of aliphatic hydroxyl groups excluding tert-OH is 1. The van der Waals surface area contributed by atoms with Crippen molar-refractivity contribution in [2.75, 3.05) is 13.2 Å². The lowest BCUT2D eigenvalue weighted by molar-refractivity contribution is 0.289. The Morgan fingerprint density at radius 1 is 1.62 bits per heavy atom. The Balaban J connectivity index is 2.58. The van der Waals surface area contributed by atoms with Crippen LogP contribution in [0.15, 0.2) is 17.6 Å². The number of nitrogens with zero attached hydrogens (tertiary/aromatic N) is 1. The van der Waals surface area contributed by atoms with Gasteiger partial charge < -0.3 is 10.1 Å². The first-order valence-electron chi connectivity index (χ1n) is 3.76. The number of sulfonamides is 1. The maximum atomic E-state index is 11.3. The molecule has 0 bridgehead atoms. The predicted molar refractivity (Wildman–Crippen MR) is 45.5 cm³/mol. The van der Waals surface area contributed by atoms with E-state index in [1.165, 1.54) is 12.5 Å². The van der Waals surface area contributed by atoms with Gasteiger partial charge in [-0.1, -0.05) is 0 Å². The second kappa shape index (κ2) is 4.35. The predicted octanol–water partition coefficient (Wildman–Crippen LogP) is -0.930. The molecule has 74 valence electrons. The molecule has 0 aromatic carbocycles. The standard InChI is InChI=1S/C6H11N3O3S/c10-3-1-2-9-13(11,12)6-4-7-5-8-6/h4-5,9-10H,1-3H2,(H,7,8). The van der Waals surface area contributed by atoms with Gasteiger partial charge in [0.2, 0.25) is 0 Å². The van der Waals surface area contributed by atoms with Crippen molar-refractivity contribution < 1.29 is 13.5 Å². The van der Waals surface area contributed by atoms with Gasteiger partial charge in [0.05, 0.1) is 12.5 Å². The molecule has 0 amide bonds. The molecule has 1 rings (SSSR count).